The molecule has 0 aliphatic rings. The molecule has 0 atom stereocenters. The van der Waals surface area contributed by atoms with E-state index in [0.29, 0.717) is 11.0 Å². The number of aromatic hydroxyl groups is 2. The molecule has 0 aliphatic carbocycles. The van der Waals surface area contributed by atoms with Crippen LogP contribution in [0.2, 0.25) is 0 Å². The van der Waals surface area contributed by atoms with Crippen LogP contribution in [-0.4, -0.2) is 46.4 Å². The van der Waals surface area contributed by atoms with E-state index in [9.17, 15) is 19.8 Å². The zero-order valence-corrected chi connectivity index (χ0v) is 20.5. The molecule has 10 heteroatoms. The number of thiazole rings is 2. The molecule has 4 rings (SSSR count). The maximum absolute atomic E-state index is 11.6. The summed E-state index contributed by atoms with van der Waals surface area (Å²) in [7, 11) is 0. The van der Waals surface area contributed by atoms with Crippen LogP contribution in [0.1, 0.15) is 36.8 Å². The minimum atomic E-state index is -0.142. The van der Waals surface area contributed by atoms with Crippen LogP contribution in [0, 0.1) is 0 Å². The Kier molecular flexibility index (Phi) is 8.39. The molecule has 0 fully saturated rings. The number of unbranched alkanes of at least 4 members (excludes halogenated alkanes) is 3. The molecule has 0 aliphatic heterocycles. The van der Waals surface area contributed by atoms with Crippen molar-refractivity contribution in [3.8, 4) is 11.5 Å². The first-order chi connectivity index (χ1) is 16.5. The van der Waals surface area contributed by atoms with Crippen LogP contribution < -0.4 is 20.4 Å². The number of aromatic nitrogens is 2. The van der Waals surface area contributed by atoms with Gasteiger partial charge < -0.3 is 30.8 Å². The number of aromatic amines is 2. The molecule has 0 saturated carbocycles. The van der Waals surface area contributed by atoms with Gasteiger partial charge in [-0.15, -0.1) is 0 Å². The summed E-state index contributed by atoms with van der Waals surface area (Å²) in [6, 6.07) is 7.06. The number of nitrogens with one attached hydrogen (secondary N) is 4. The van der Waals surface area contributed by atoms with E-state index in [2.05, 4.69) is 20.6 Å². The molecular formula is C24H30N4O4S2. The highest BCUT2D eigenvalue weighted by Gasteiger charge is 2.10. The molecule has 8 nitrogen and oxygen atoms in total. The first kappa shape index (κ1) is 24.5. The van der Waals surface area contributed by atoms with Gasteiger partial charge in [-0.3, -0.25) is 9.59 Å². The number of phenolic OH excluding ortho intramolecular Hbond substituents is 2. The Morgan fingerprint density at radius 1 is 0.647 bits per heavy atom. The Morgan fingerprint density at radius 3 is 1.53 bits per heavy atom. The lowest BCUT2D eigenvalue weighted by Crippen LogP contribution is -2.19. The van der Waals surface area contributed by atoms with Crippen LogP contribution in [0.5, 0.6) is 11.5 Å². The highest BCUT2D eigenvalue weighted by Crippen LogP contribution is 2.28. The van der Waals surface area contributed by atoms with E-state index in [0.717, 1.165) is 95.1 Å². The van der Waals surface area contributed by atoms with Gasteiger partial charge in [0.2, 0.25) is 0 Å². The molecule has 0 radical (unpaired) electrons. The fraction of sp³-hybridized carbons (Fsp3) is 0.417. The summed E-state index contributed by atoms with van der Waals surface area (Å²) in [6.07, 6.45) is 6.24. The third-order valence-corrected chi connectivity index (χ3v) is 7.79. The van der Waals surface area contributed by atoms with E-state index in [-0.39, 0.29) is 21.2 Å². The van der Waals surface area contributed by atoms with Gasteiger partial charge in [0.1, 0.15) is 22.5 Å². The number of hydrogen-bond donors (Lipinski definition) is 6. The van der Waals surface area contributed by atoms with Gasteiger partial charge >= 0.3 is 9.75 Å². The topological polar surface area (TPSA) is 130 Å². The zero-order chi connectivity index (χ0) is 23.9. The molecule has 4 aromatic rings. The Labute approximate surface area is 204 Å². The van der Waals surface area contributed by atoms with Crippen molar-refractivity contribution in [1.82, 2.24) is 20.6 Å². The fourth-order valence-electron chi connectivity index (χ4n) is 4.09. The molecule has 0 amide bonds. The highest BCUT2D eigenvalue weighted by molar-refractivity contribution is 7.17. The summed E-state index contributed by atoms with van der Waals surface area (Å²) in [5.74, 6) is 0.243. The van der Waals surface area contributed by atoms with Gasteiger partial charge in [-0.05, 0) is 75.1 Å². The second-order valence-corrected chi connectivity index (χ2v) is 10.3. The number of phenols is 2. The quantitative estimate of drug-likeness (QED) is 0.155. The average Bonchev–Trinajstić information content (AvgIpc) is 3.41. The van der Waals surface area contributed by atoms with Crippen molar-refractivity contribution in [2.24, 2.45) is 0 Å². The summed E-state index contributed by atoms with van der Waals surface area (Å²) in [6.45, 7) is 3.62. The third-order valence-electron chi connectivity index (χ3n) is 5.88. The maximum Gasteiger partial charge on any atom is 0.305 e. The molecule has 2 heterocycles. The van der Waals surface area contributed by atoms with Crippen molar-refractivity contribution in [3.63, 3.8) is 0 Å². The monoisotopic (exact) mass is 502 g/mol. The molecule has 0 bridgehead atoms. The summed E-state index contributed by atoms with van der Waals surface area (Å²) in [5.41, 5.74) is 3.24. The van der Waals surface area contributed by atoms with E-state index >= 15 is 0 Å². The van der Waals surface area contributed by atoms with E-state index in [4.69, 9.17) is 0 Å². The van der Waals surface area contributed by atoms with Crippen molar-refractivity contribution in [3.05, 3.63) is 54.7 Å². The van der Waals surface area contributed by atoms with Gasteiger partial charge in [-0.1, -0.05) is 47.6 Å². The minimum absolute atomic E-state index is 0.121. The van der Waals surface area contributed by atoms with Crippen LogP contribution in [0.4, 0.5) is 0 Å². The fourth-order valence-corrected chi connectivity index (χ4v) is 5.88. The van der Waals surface area contributed by atoms with Gasteiger partial charge in [-0.2, -0.15) is 0 Å². The summed E-state index contributed by atoms with van der Waals surface area (Å²) < 4.78 is 1.69. The third kappa shape index (κ3) is 6.06. The van der Waals surface area contributed by atoms with Crippen LogP contribution >= 0.6 is 22.7 Å². The number of fused-ring (bicyclic) bond motifs is 2. The molecule has 0 spiro atoms. The van der Waals surface area contributed by atoms with Crippen molar-refractivity contribution in [2.75, 3.05) is 26.2 Å². The SMILES string of the molecule is O=c1[nH]c2c(O)ccc(CCNCCCCCCNCCc3ccc(O)c4[nH]c(=O)sc34)c2s1. The predicted molar refractivity (Wildman–Crippen MR) is 140 cm³/mol. The molecular weight excluding hydrogens is 472 g/mol. The predicted octanol–water partition coefficient (Wildman–Crippen LogP) is 3.43. The largest absolute Gasteiger partial charge is 0.506 e. The molecule has 0 saturated heterocycles. The van der Waals surface area contributed by atoms with Crippen LogP contribution in [0.25, 0.3) is 20.4 Å². The molecule has 2 aromatic carbocycles. The average molecular weight is 503 g/mol. The molecule has 0 unspecified atom stereocenters. The molecule has 182 valence electrons. The smallest absolute Gasteiger partial charge is 0.305 e. The molecule has 6 N–H and O–H groups in total. The summed E-state index contributed by atoms with van der Waals surface area (Å²) >= 11 is 2.30. The normalized spacial score (nSPS) is 11.6. The number of hydrogen-bond acceptors (Lipinski definition) is 8. The second-order valence-electron chi connectivity index (χ2n) is 8.34. The standard InChI is InChI=1S/C24H30N4O4S2/c29-17-7-5-15(21-19(17)27-23(31)33-21)9-13-25-11-3-1-2-4-12-26-14-10-16-6-8-18(30)20-22(16)34-24(32)28-20/h5-8,25-26,29-30H,1-4,9-14H2,(H,27,31)(H,28,32). The van der Waals surface area contributed by atoms with Gasteiger partial charge in [0, 0.05) is 0 Å². The van der Waals surface area contributed by atoms with Crippen LogP contribution in [0.15, 0.2) is 33.9 Å². The maximum atomic E-state index is 11.6. The van der Waals surface area contributed by atoms with Crippen molar-refractivity contribution in [1.29, 1.82) is 0 Å². The molecule has 34 heavy (non-hydrogen) atoms. The lowest BCUT2D eigenvalue weighted by atomic mass is 10.1. The van der Waals surface area contributed by atoms with E-state index in [1.54, 1.807) is 12.1 Å². The van der Waals surface area contributed by atoms with Crippen molar-refractivity contribution in [2.45, 2.75) is 38.5 Å². The minimum Gasteiger partial charge on any atom is -0.506 e. The van der Waals surface area contributed by atoms with Crippen molar-refractivity contribution < 1.29 is 10.2 Å². The van der Waals surface area contributed by atoms with Gasteiger partial charge in [0.05, 0.1) is 9.40 Å². The summed E-state index contributed by atoms with van der Waals surface area (Å²) in [5, 5.41) is 26.7. The van der Waals surface area contributed by atoms with E-state index in [1.807, 2.05) is 12.1 Å². The Balaban J connectivity index is 1.05. The van der Waals surface area contributed by atoms with E-state index < -0.39 is 0 Å². The Morgan fingerprint density at radius 2 is 1.09 bits per heavy atom. The van der Waals surface area contributed by atoms with Crippen molar-refractivity contribution >= 4 is 43.1 Å². The molecule has 2 aromatic heterocycles. The highest BCUT2D eigenvalue weighted by atomic mass is 32.1. The zero-order valence-electron chi connectivity index (χ0n) is 18.9. The number of benzene rings is 2. The van der Waals surface area contributed by atoms with Gasteiger partial charge in [0.25, 0.3) is 0 Å². The van der Waals surface area contributed by atoms with Gasteiger partial charge in [-0.25, -0.2) is 0 Å². The van der Waals surface area contributed by atoms with Crippen LogP contribution in [-0.2, 0) is 12.8 Å². The Bertz CT molecular complexity index is 1250. The first-order valence-electron chi connectivity index (χ1n) is 11.6. The Hall–Kier alpha value is -2.66. The van der Waals surface area contributed by atoms with Gasteiger partial charge in [0.15, 0.2) is 0 Å². The summed E-state index contributed by atoms with van der Waals surface area (Å²) in [4.78, 5) is 28.3. The lowest BCUT2D eigenvalue weighted by Gasteiger charge is -2.08. The lowest BCUT2D eigenvalue weighted by molar-refractivity contribution is 0.480. The number of H-pyrrole nitrogens is 2. The second kappa shape index (κ2) is 11.7. The first-order valence-corrected chi connectivity index (χ1v) is 13.2. The van der Waals surface area contributed by atoms with Crippen LogP contribution in [0.3, 0.4) is 0 Å². The van der Waals surface area contributed by atoms with E-state index in [1.165, 1.54) is 12.8 Å². The number of rotatable bonds is 13.